The molecule has 0 aliphatic heterocycles. The van der Waals surface area contributed by atoms with Gasteiger partial charge in [0.05, 0.1) is 0 Å². The number of aliphatic carboxylic acids is 1. The molecule has 0 saturated heterocycles. The van der Waals surface area contributed by atoms with Crippen molar-refractivity contribution in [2.45, 2.75) is 45.2 Å². The minimum atomic E-state index is -0.769. The zero-order valence-corrected chi connectivity index (χ0v) is 12.5. The molecule has 2 atom stereocenters. The van der Waals surface area contributed by atoms with Crippen LogP contribution in [0, 0.1) is 0 Å². The third-order valence-electron chi connectivity index (χ3n) is 3.57. The molecule has 106 valence electrons. The molecule has 0 amide bonds. The summed E-state index contributed by atoms with van der Waals surface area (Å²) in [6, 6.07) is 7.10. The van der Waals surface area contributed by atoms with Gasteiger partial charge in [-0.1, -0.05) is 49.6 Å². The smallest absolute Gasteiger partial charge is 0.320 e. The Morgan fingerprint density at radius 2 is 2.05 bits per heavy atom. The summed E-state index contributed by atoms with van der Waals surface area (Å²) in [4.78, 5) is 13.3. The zero-order chi connectivity index (χ0) is 14.4. The van der Waals surface area contributed by atoms with Crippen molar-refractivity contribution < 1.29 is 9.90 Å². The minimum absolute atomic E-state index is 0.0216. The summed E-state index contributed by atoms with van der Waals surface area (Å²) in [5.41, 5.74) is 0.967. The van der Waals surface area contributed by atoms with Crippen molar-refractivity contribution in [2.24, 2.45) is 0 Å². The van der Waals surface area contributed by atoms with Gasteiger partial charge in [0.25, 0.3) is 0 Å². The summed E-state index contributed by atoms with van der Waals surface area (Å²) in [5.74, 6) is -0.769. The van der Waals surface area contributed by atoms with Crippen molar-refractivity contribution in [1.82, 2.24) is 4.90 Å². The molecule has 0 aromatic heterocycles. The van der Waals surface area contributed by atoms with Crippen LogP contribution in [0.4, 0.5) is 0 Å². The number of carboxylic acid groups (broad SMARTS) is 1. The first-order valence-corrected chi connectivity index (χ1v) is 7.06. The molecule has 1 aromatic carbocycles. The van der Waals surface area contributed by atoms with Crippen molar-refractivity contribution in [3.05, 3.63) is 34.9 Å². The monoisotopic (exact) mass is 283 g/mol. The Hall–Kier alpha value is -1.06. The topological polar surface area (TPSA) is 40.5 Å². The molecule has 0 bridgehead atoms. The van der Waals surface area contributed by atoms with Gasteiger partial charge in [-0.25, -0.2) is 0 Å². The Morgan fingerprint density at radius 3 is 2.58 bits per heavy atom. The molecule has 0 heterocycles. The summed E-state index contributed by atoms with van der Waals surface area (Å²) in [6.45, 7) is 4.06. The predicted octanol–water partition coefficient (Wildman–Crippen LogP) is 3.98. The van der Waals surface area contributed by atoms with Crippen molar-refractivity contribution in [3.63, 3.8) is 0 Å². The Labute approximate surface area is 120 Å². The van der Waals surface area contributed by atoms with Gasteiger partial charge in [-0.15, -0.1) is 0 Å². The standard InChI is InChI=1S/C15H22ClNO2/c1-4-5-10-14(15(18)19)17(3)11(2)12-8-6-7-9-13(12)16/h6-9,11,14H,4-5,10H2,1-3H3,(H,18,19). The van der Waals surface area contributed by atoms with Gasteiger partial charge in [-0.05, 0) is 32.0 Å². The molecule has 1 aromatic rings. The first-order valence-electron chi connectivity index (χ1n) is 6.68. The highest BCUT2D eigenvalue weighted by atomic mass is 35.5. The van der Waals surface area contributed by atoms with Crippen molar-refractivity contribution in [1.29, 1.82) is 0 Å². The molecular formula is C15H22ClNO2. The SMILES string of the molecule is CCCCC(C(=O)O)N(C)C(C)c1ccccc1Cl. The van der Waals surface area contributed by atoms with E-state index in [0.717, 1.165) is 18.4 Å². The summed E-state index contributed by atoms with van der Waals surface area (Å²) < 4.78 is 0. The highest BCUT2D eigenvalue weighted by molar-refractivity contribution is 6.31. The van der Waals surface area contributed by atoms with Gasteiger partial charge in [-0.3, -0.25) is 9.69 Å². The third kappa shape index (κ3) is 4.22. The van der Waals surface area contributed by atoms with E-state index in [4.69, 9.17) is 11.6 Å². The molecule has 0 radical (unpaired) electrons. The van der Waals surface area contributed by atoms with Crippen molar-refractivity contribution in [2.75, 3.05) is 7.05 Å². The summed E-state index contributed by atoms with van der Waals surface area (Å²) >= 11 is 6.18. The Bertz CT molecular complexity index is 422. The molecule has 0 aliphatic rings. The maximum absolute atomic E-state index is 11.4. The quantitative estimate of drug-likeness (QED) is 0.823. The zero-order valence-electron chi connectivity index (χ0n) is 11.8. The van der Waals surface area contributed by atoms with E-state index in [9.17, 15) is 9.90 Å². The van der Waals surface area contributed by atoms with Crippen LogP contribution in [0.25, 0.3) is 0 Å². The summed E-state index contributed by atoms with van der Waals surface area (Å²) in [7, 11) is 1.85. The number of benzene rings is 1. The van der Waals surface area contributed by atoms with E-state index in [-0.39, 0.29) is 6.04 Å². The lowest BCUT2D eigenvalue weighted by Gasteiger charge is -2.31. The first-order chi connectivity index (χ1) is 8.99. The lowest BCUT2D eigenvalue weighted by molar-refractivity contribution is -0.143. The highest BCUT2D eigenvalue weighted by Crippen LogP contribution is 2.28. The van der Waals surface area contributed by atoms with Gasteiger partial charge < -0.3 is 5.11 Å². The van der Waals surface area contributed by atoms with Crippen LogP contribution < -0.4 is 0 Å². The molecule has 0 saturated carbocycles. The molecule has 0 fully saturated rings. The highest BCUT2D eigenvalue weighted by Gasteiger charge is 2.27. The van der Waals surface area contributed by atoms with Gasteiger partial charge in [0.1, 0.15) is 6.04 Å². The minimum Gasteiger partial charge on any atom is -0.480 e. The van der Waals surface area contributed by atoms with Gasteiger partial charge >= 0.3 is 5.97 Å². The fourth-order valence-corrected chi connectivity index (χ4v) is 2.50. The molecule has 0 aliphatic carbocycles. The maximum Gasteiger partial charge on any atom is 0.320 e. The molecular weight excluding hydrogens is 262 g/mol. The van der Waals surface area contributed by atoms with E-state index >= 15 is 0 Å². The lowest BCUT2D eigenvalue weighted by atomic mass is 10.0. The molecule has 2 unspecified atom stereocenters. The fraction of sp³-hybridized carbons (Fsp3) is 0.533. The molecule has 4 heteroatoms. The van der Waals surface area contributed by atoms with Crippen molar-refractivity contribution in [3.8, 4) is 0 Å². The number of carboxylic acids is 1. The normalized spacial score (nSPS) is 14.4. The number of unbranched alkanes of at least 4 members (excludes halogenated alkanes) is 1. The summed E-state index contributed by atoms with van der Waals surface area (Å²) in [5, 5.41) is 10.0. The lowest BCUT2D eigenvalue weighted by Crippen LogP contribution is -2.40. The number of nitrogens with zero attached hydrogens (tertiary/aromatic N) is 1. The van der Waals surface area contributed by atoms with E-state index < -0.39 is 12.0 Å². The van der Waals surface area contributed by atoms with E-state index in [1.54, 1.807) is 0 Å². The average molecular weight is 284 g/mol. The van der Waals surface area contributed by atoms with Crippen LogP contribution in [0.15, 0.2) is 24.3 Å². The number of hydrogen-bond acceptors (Lipinski definition) is 2. The number of carbonyl (C=O) groups is 1. The van der Waals surface area contributed by atoms with E-state index in [0.29, 0.717) is 11.4 Å². The van der Waals surface area contributed by atoms with Crippen LogP contribution >= 0.6 is 11.6 Å². The summed E-state index contributed by atoms with van der Waals surface area (Å²) in [6.07, 6.45) is 2.58. The van der Waals surface area contributed by atoms with E-state index in [2.05, 4.69) is 6.92 Å². The van der Waals surface area contributed by atoms with Gasteiger partial charge in [0.2, 0.25) is 0 Å². The van der Waals surface area contributed by atoms with Crippen LogP contribution in [0.2, 0.25) is 5.02 Å². The molecule has 1 N–H and O–H groups in total. The third-order valence-corrected chi connectivity index (χ3v) is 3.92. The van der Waals surface area contributed by atoms with Crippen LogP contribution in [-0.4, -0.2) is 29.1 Å². The number of halogens is 1. The fourth-order valence-electron chi connectivity index (χ4n) is 2.20. The molecule has 19 heavy (non-hydrogen) atoms. The van der Waals surface area contributed by atoms with Gasteiger partial charge in [0, 0.05) is 11.1 Å². The number of hydrogen-bond donors (Lipinski definition) is 1. The Balaban J connectivity index is 2.87. The first kappa shape index (κ1) is 16.0. The number of rotatable bonds is 7. The van der Waals surface area contributed by atoms with Gasteiger partial charge in [0.15, 0.2) is 0 Å². The molecule has 3 nitrogen and oxygen atoms in total. The number of likely N-dealkylation sites (N-methyl/N-ethyl adjacent to an activating group) is 1. The average Bonchev–Trinajstić information content (AvgIpc) is 2.38. The van der Waals surface area contributed by atoms with Crippen LogP contribution in [0.5, 0.6) is 0 Å². The largest absolute Gasteiger partial charge is 0.480 e. The Kier molecular flexibility index (Phi) is 6.32. The van der Waals surface area contributed by atoms with Gasteiger partial charge in [-0.2, -0.15) is 0 Å². The second kappa shape index (κ2) is 7.51. The van der Waals surface area contributed by atoms with Crippen LogP contribution in [0.3, 0.4) is 0 Å². The van der Waals surface area contributed by atoms with Crippen LogP contribution in [0.1, 0.15) is 44.7 Å². The molecule has 0 spiro atoms. The van der Waals surface area contributed by atoms with E-state index in [1.165, 1.54) is 0 Å². The van der Waals surface area contributed by atoms with Crippen molar-refractivity contribution >= 4 is 17.6 Å². The van der Waals surface area contributed by atoms with Crippen LogP contribution in [-0.2, 0) is 4.79 Å². The second-order valence-electron chi connectivity index (χ2n) is 4.86. The maximum atomic E-state index is 11.4. The second-order valence-corrected chi connectivity index (χ2v) is 5.27. The van der Waals surface area contributed by atoms with E-state index in [1.807, 2.05) is 43.1 Å². The Morgan fingerprint density at radius 1 is 1.42 bits per heavy atom. The predicted molar refractivity (Wildman–Crippen MR) is 78.6 cm³/mol. The molecule has 1 rings (SSSR count).